The van der Waals surface area contributed by atoms with Gasteiger partial charge in [0.05, 0.1) is 6.61 Å². The van der Waals surface area contributed by atoms with Gasteiger partial charge in [0.15, 0.2) is 12.1 Å². The lowest BCUT2D eigenvalue weighted by molar-refractivity contribution is -0.0681. The first-order valence-corrected chi connectivity index (χ1v) is 12.5. The fourth-order valence-electron chi connectivity index (χ4n) is 2.70. The Hall–Kier alpha value is -1.14. The highest BCUT2D eigenvalue weighted by Crippen LogP contribution is 2.66. The van der Waals surface area contributed by atoms with Crippen molar-refractivity contribution >= 4 is 41.5 Å². The van der Waals surface area contributed by atoms with Gasteiger partial charge in [-0.05, 0) is 0 Å². The minimum atomic E-state index is -5.70. The Labute approximate surface area is 172 Å². The number of hydrazone groups is 1. The van der Waals surface area contributed by atoms with E-state index in [0.29, 0.717) is 0 Å². The monoisotopic (exact) mass is 510 g/mol. The molecule has 176 valence electrons. The molecule has 19 nitrogen and oxygen atoms in total. The van der Waals surface area contributed by atoms with Crippen LogP contribution in [-0.2, 0) is 31.6 Å². The van der Waals surface area contributed by atoms with Gasteiger partial charge in [0.2, 0.25) is 5.84 Å². The van der Waals surface area contributed by atoms with Crippen LogP contribution in [0.5, 0.6) is 0 Å². The van der Waals surface area contributed by atoms with E-state index in [-0.39, 0.29) is 18.3 Å². The lowest BCUT2D eigenvalue weighted by Crippen LogP contribution is -2.50. The molecule has 0 aromatic carbocycles. The van der Waals surface area contributed by atoms with Crippen LogP contribution < -0.4 is 5.84 Å². The minimum absolute atomic E-state index is 0.0811. The molecular formula is C9H17N6O13P3. The molecule has 2 unspecified atom stereocenters. The van der Waals surface area contributed by atoms with Crippen LogP contribution in [0.3, 0.4) is 0 Å². The summed E-state index contributed by atoms with van der Waals surface area (Å²) in [6.45, 7) is -1.03. The normalized spacial score (nSPS) is 32.4. The number of aliphatic hydroxyl groups is 2. The summed E-state index contributed by atoms with van der Waals surface area (Å²) in [7, 11) is -16.7. The summed E-state index contributed by atoms with van der Waals surface area (Å²) in [4.78, 5) is 44.9. The van der Waals surface area contributed by atoms with Crippen LogP contribution >= 0.6 is 23.5 Å². The first-order valence-electron chi connectivity index (χ1n) is 7.95. The molecule has 22 heteroatoms. The SMILES string of the molecule is NN1N=CN=C2C1=NCN2[C@@H]1O[C@H](COP(=O)(O)OP(=O)(O)OP(=O)(O)O)[C@@H](O)[C@H]1O. The molecule has 0 amide bonds. The fourth-order valence-corrected chi connectivity index (χ4v) is 5.73. The summed E-state index contributed by atoms with van der Waals surface area (Å²) in [5.74, 6) is 5.93. The number of phosphoric ester groups is 1. The van der Waals surface area contributed by atoms with E-state index >= 15 is 0 Å². The predicted octanol–water partition coefficient (Wildman–Crippen LogP) is -3.02. The van der Waals surface area contributed by atoms with Crippen molar-refractivity contribution in [1.82, 2.24) is 10.0 Å². The molecule has 1 fully saturated rings. The van der Waals surface area contributed by atoms with Crippen molar-refractivity contribution in [3.8, 4) is 0 Å². The number of hydrazine groups is 1. The van der Waals surface area contributed by atoms with Crippen molar-refractivity contribution in [3.63, 3.8) is 0 Å². The molecule has 6 atom stereocenters. The summed E-state index contributed by atoms with van der Waals surface area (Å²) in [6.07, 6.45) is -4.81. The van der Waals surface area contributed by atoms with E-state index < -0.39 is 54.6 Å². The average Bonchev–Trinajstić information content (AvgIpc) is 3.13. The van der Waals surface area contributed by atoms with Crippen molar-refractivity contribution in [2.75, 3.05) is 13.3 Å². The fraction of sp³-hybridized carbons (Fsp3) is 0.667. The van der Waals surface area contributed by atoms with E-state index in [0.717, 1.165) is 11.5 Å². The molecular weight excluding hydrogens is 493 g/mol. The zero-order valence-corrected chi connectivity index (χ0v) is 17.7. The number of nitrogens with zero attached hydrogens (tertiary/aromatic N) is 5. The summed E-state index contributed by atoms with van der Waals surface area (Å²) in [5, 5.41) is 25.0. The first-order chi connectivity index (χ1) is 14.2. The van der Waals surface area contributed by atoms with Crippen LogP contribution in [0.25, 0.3) is 0 Å². The summed E-state index contributed by atoms with van der Waals surface area (Å²) in [6, 6.07) is 0. The number of aliphatic imine (C=N–C) groups is 2. The number of amidine groups is 2. The van der Waals surface area contributed by atoms with Crippen molar-refractivity contribution < 1.29 is 61.4 Å². The van der Waals surface area contributed by atoms with Crippen molar-refractivity contribution in [2.45, 2.75) is 24.5 Å². The maximum absolute atomic E-state index is 11.8. The Morgan fingerprint density at radius 2 is 1.77 bits per heavy atom. The van der Waals surface area contributed by atoms with Crippen molar-refractivity contribution in [3.05, 3.63) is 0 Å². The summed E-state index contributed by atoms with van der Waals surface area (Å²) in [5.41, 5.74) is 0. The third kappa shape index (κ3) is 5.81. The van der Waals surface area contributed by atoms with E-state index in [1.54, 1.807) is 0 Å². The first kappa shape index (κ1) is 24.5. The molecule has 0 aliphatic carbocycles. The molecule has 0 spiro atoms. The highest BCUT2D eigenvalue weighted by atomic mass is 31.3. The standard InChI is InChI=1S/C9H17N6O13P3/c10-15-8-7(11-2-13-15)14(3-12-8)9-6(17)5(16)4(26-9)1-25-30(21,22)28-31(23,24)27-29(18,19)20/h2,4-6,9,16-17H,1,3,10H2,(H,21,22)(H,23,24)(H2,18,19,20)/t4-,5-,6-,9-/m1/s1. The molecule has 0 radical (unpaired) electrons. The molecule has 0 bridgehead atoms. The second kappa shape index (κ2) is 8.66. The van der Waals surface area contributed by atoms with Gasteiger partial charge in [-0.2, -0.15) is 13.7 Å². The molecule has 0 aromatic heterocycles. The molecule has 3 rings (SSSR count). The maximum atomic E-state index is 11.8. The second-order valence-corrected chi connectivity index (χ2v) is 10.5. The zero-order chi connectivity index (χ0) is 23.2. The van der Waals surface area contributed by atoms with Crippen molar-refractivity contribution in [1.29, 1.82) is 0 Å². The number of rotatable bonds is 8. The van der Waals surface area contributed by atoms with Crippen molar-refractivity contribution in [2.24, 2.45) is 20.9 Å². The van der Waals surface area contributed by atoms with Crippen LogP contribution in [0, 0.1) is 0 Å². The number of hydrogen-bond donors (Lipinski definition) is 7. The predicted molar refractivity (Wildman–Crippen MR) is 96.6 cm³/mol. The van der Waals surface area contributed by atoms with E-state index in [9.17, 15) is 28.8 Å². The molecule has 1 saturated heterocycles. The Kier molecular flexibility index (Phi) is 6.84. The summed E-state index contributed by atoms with van der Waals surface area (Å²) < 4.78 is 50.7. The number of nitrogens with two attached hydrogens (primary N) is 1. The van der Waals surface area contributed by atoms with Gasteiger partial charge in [-0.15, -0.1) is 5.10 Å². The number of ether oxygens (including phenoxy) is 1. The van der Waals surface area contributed by atoms with E-state index in [1.165, 1.54) is 4.90 Å². The Morgan fingerprint density at radius 3 is 2.42 bits per heavy atom. The van der Waals surface area contributed by atoms with E-state index in [2.05, 4.69) is 28.2 Å². The highest BCUT2D eigenvalue weighted by Gasteiger charge is 2.50. The molecule has 3 aliphatic heterocycles. The Morgan fingerprint density at radius 1 is 1.10 bits per heavy atom. The lowest BCUT2D eigenvalue weighted by Gasteiger charge is -2.28. The van der Waals surface area contributed by atoms with Crippen LogP contribution in [0.4, 0.5) is 0 Å². The topological polar surface area (TPSA) is 279 Å². The summed E-state index contributed by atoms with van der Waals surface area (Å²) >= 11 is 0. The number of aliphatic hydroxyl groups excluding tert-OH is 2. The van der Waals surface area contributed by atoms with Gasteiger partial charge < -0.3 is 39.4 Å². The molecule has 31 heavy (non-hydrogen) atoms. The maximum Gasteiger partial charge on any atom is 0.490 e. The van der Waals surface area contributed by atoms with Gasteiger partial charge in [-0.3, -0.25) is 4.52 Å². The van der Waals surface area contributed by atoms with Gasteiger partial charge in [0.25, 0.3) is 0 Å². The van der Waals surface area contributed by atoms with E-state index in [1.807, 2.05) is 0 Å². The molecule has 3 aliphatic rings. The third-order valence-corrected chi connectivity index (χ3v) is 7.68. The van der Waals surface area contributed by atoms with Crippen LogP contribution in [-0.4, -0.2) is 95.6 Å². The Balaban J connectivity index is 1.62. The highest BCUT2D eigenvalue weighted by molar-refractivity contribution is 7.66. The zero-order valence-electron chi connectivity index (χ0n) is 15.0. The number of hydrogen-bond acceptors (Lipinski definition) is 15. The second-order valence-electron chi connectivity index (χ2n) is 6.05. The third-order valence-electron chi connectivity index (χ3n) is 3.88. The van der Waals surface area contributed by atoms with Crippen LogP contribution in [0.1, 0.15) is 0 Å². The molecule has 3 heterocycles. The Bertz CT molecular complexity index is 951. The van der Waals surface area contributed by atoms with Gasteiger partial charge in [0.1, 0.15) is 31.3 Å². The lowest BCUT2D eigenvalue weighted by atomic mass is 10.1. The van der Waals surface area contributed by atoms with Gasteiger partial charge >= 0.3 is 23.5 Å². The molecule has 8 N–H and O–H groups in total. The largest absolute Gasteiger partial charge is 0.490 e. The van der Waals surface area contributed by atoms with Crippen LogP contribution in [0.2, 0.25) is 0 Å². The van der Waals surface area contributed by atoms with E-state index in [4.69, 9.17) is 25.3 Å². The number of fused-ring (bicyclic) bond motifs is 1. The average molecular weight is 510 g/mol. The molecule has 0 saturated carbocycles. The number of phosphoric acid groups is 3. The minimum Gasteiger partial charge on any atom is -0.387 e. The molecule has 0 aromatic rings. The quantitative estimate of drug-likeness (QED) is 0.126. The smallest absolute Gasteiger partial charge is 0.387 e. The van der Waals surface area contributed by atoms with Gasteiger partial charge in [-0.1, -0.05) is 0 Å². The van der Waals surface area contributed by atoms with Gasteiger partial charge in [-0.25, -0.2) is 29.5 Å². The van der Waals surface area contributed by atoms with Gasteiger partial charge in [0, 0.05) is 0 Å². The van der Waals surface area contributed by atoms with Crippen LogP contribution in [0.15, 0.2) is 15.1 Å².